The fraction of sp³-hybridized carbons (Fsp3) is 0.529. The topological polar surface area (TPSA) is 70.1 Å². The molecule has 6 nitrogen and oxygen atoms in total. The first-order chi connectivity index (χ1) is 11.2. The van der Waals surface area contributed by atoms with Gasteiger partial charge in [-0.3, -0.25) is 4.79 Å². The highest BCUT2D eigenvalue weighted by Crippen LogP contribution is 2.21. The lowest BCUT2D eigenvalue weighted by Gasteiger charge is -2.36. The molecule has 1 heterocycles. The first kappa shape index (κ1) is 18.0. The quantitative estimate of drug-likeness (QED) is 0.917. The molecule has 1 amide bonds. The third-order valence-corrected chi connectivity index (χ3v) is 3.67. The van der Waals surface area contributed by atoms with Gasteiger partial charge < -0.3 is 19.6 Å². The lowest BCUT2D eigenvalue weighted by Crippen LogP contribution is -2.50. The molecule has 132 valence electrons. The summed E-state index contributed by atoms with van der Waals surface area (Å²) in [6, 6.07) is 4.48. The highest BCUT2D eigenvalue weighted by Gasteiger charge is 2.26. The molecule has 1 aliphatic heterocycles. The van der Waals surface area contributed by atoms with E-state index < -0.39 is 17.4 Å². The Bertz CT molecular complexity index is 620. The van der Waals surface area contributed by atoms with Crippen LogP contribution in [0.2, 0.25) is 0 Å². The molecule has 7 heteroatoms. The molecule has 0 aliphatic carbocycles. The molecule has 1 aliphatic rings. The molecular formula is C17H23FN2O4. The molecule has 1 saturated heterocycles. The first-order valence-corrected chi connectivity index (χ1v) is 7.89. The van der Waals surface area contributed by atoms with Gasteiger partial charge in [0.1, 0.15) is 11.4 Å². The van der Waals surface area contributed by atoms with E-state index in [1.807, 2.05) is 25.7 Å². The molecule has 1 aromatic rings. The minimum absolute atomic E-state index is 0.162. The molecule has 2 rings (SSSR count). The smallest absolute Gasteiger partial charge is 0.410 e. The molecule has 0 spiro atoms. The molecular weight excluding hydrogens is 315 g/mol. The third kappa shape index (κ3) is 4.84. The molecule has 1 fully saturated rings. The molecule has 0 bridgehead atoms. The van der Waals surface area contributed by atoms with Crippen molar-refractivity contribution in [2.45, 2.75) is 32.8 Å². The summed E-state index contributed by atoms with van der Waals surface area (Å²) in [5, 5.41) is 8.84. The van der Waals surface area contributed by atoms with E-state index in [0.717, 1.165) is 5.69 Å². The van der Waals surface area contributed by atoms with Crippen molar-refractivity contribution >= 4 is 17.7 Å². The molecule has 24 heavy (non-hydrogen) atoms. The van der Waals surface area contributed by atoms with Crippen LogP contribution in [0.1, 0.15) is 26.3 Å². The molecule has 0 saturated carbocycles. The Morgan fingerprint density at radius 1 is 1.21 bits per heavy atom. The molecule has 0 unspecified atom stereocenters. The number of hydrogen-bond donors (Lipinski definition) is 1. The van der Waals surface area contributed by atoms with E-state index in [1.165, 1.54) is 6.07 Å². The molecule has 1 N–H and O–H groups in total. The first-order valence-electron chi connectivity index (χ1n) is 7.89. The van der Waals surface area contributed by atoms with Gasteiger partial charge in [-0.2, -0.15) is 0 Å². The van der Waals surface area contributed by atoms with Gasteiger partial charge >= 0.3 is 12.1 Å². The lowest BCUT2D eigenvalue weighted by atomic mass is 10.1. The number of aliphatic carboxylic acids is 1. The summed E-state index contributed by atoms with van der Waals surface area (Å²) in [6.45, 7) is 7.63. The van der Waals surface area contributed by atoms with Gasteiger partial charge in [-0.1, -0.05) is 0 Å². The zero-order valence-electron chi connectivity index (χ0n) is 14.2. The van der Waals surface area contributed by atoms with Gasteiger partial charge in [0.15, 0.2) is 0 Å². The number of carboxylic acid groups (broad SMARTS) is 1. The Morgan fingerprint density at radius 3 is 2.38 bits per heavy atom. The SMILES string of the molecule is CC(C)(C)OC(=O)N1CCN(c2ccc(F)c(CC(=O)O)c2)CC1. The predicted octanol–water partition coefficient (Wildman–Crippen LogP) is 2.51. The van der Waals surface area contributed by atoms with Crippen molar-refractivity contribution in [1.29, 1.82) is 0 Å². The summed E-state index contributed by atoms with van der Waals surface area (Å²) in [4.78, 5) is 26.5. The fourth-order valence-corrected chi connectivity index (χ4v) is 2.53. The Balaban J connectivity index is 1.99. The van der Waals surface area contributed by atoms with E-state index in [0.29, 0.717) is 26.2 Å². The standard InChI is InChI=1S/C17H23FN2O4/c1-17(2,3)24-16(23)20-8-6-19(7-9-20)13-4-5-14(18)12(10-13)11-15(21)22/h4-5,10H,6-9,11H2,1-3H3,(H,21,22). The van der Waals surface area contributed by atoms with Crippen LogP contribution in [0.5, 0.6) is 0 Å². The van der Waals surface area contributed by atoms with Gasteiger partial charge in [0.05, 0.1) is 6.42 Å². The van der Waals surface area contributed by atoms with E-state index in [2.05, 4.69) is 0 Å². The van der Waals surface area contributed by atoms with Crippen molar-refractivity contribution in [1.82, 2.24) is 4.90 Å². The second-order valence-corrected chi connectivity index (χ2v) is 6.80. The largest absolute Gasteiger partial charge is 0.481 e. The monoisotopic (exact) mass is 338 g/mol. The van der Waals surface area contributed by atoms with Crippen molar-refractivity contribution in [3.63, 3.8) is 0 Å². The third-order valence-electron chi connectivity index (χ3n) is 3.67. The van der Waals surface area contributed by atoms with Crippen LogP contribution in [0.15, 0.2) is 18.2 Å². The number of carbonyl (C=O) groups excluding carboxylic acids is 1. The Labute approximate surface area is 140 Å². The number of hydrogen-bond acceptors (Lipinski definition) is 4. The average molecular weight is 338 g/mol. The summed E-state index contributed by atoms with van der Waals surface area (Å²) in [5.74, 6) is -1.59. The molecule has 1 aromatic carbocycles. The number of amides is 1. The van der Waals surface area contributed by atoms with E-state index >= 15 is 0 Å². The Hall–Kier alpha value is -2.31. The van der Waals surface area contributed by atoms with Crippen LogP contribution in [0.4, 0.5) is 14.9 Å². The van der Waals surface area contributed by atoms with E-state index in [4.69, 9.17) is 9.84 Å². The number of carboxylic acids is 1. The van der Waals surface area contributed by atoms with Crippen LogP contribution in [0.3, 0.4) is 0 Å². The number of benzene rings is 1. The zero-order valence-corrected chi connectivity index (χ0v) is 14.2. The van der Waals surface area contributed by atoms with Crippen molar-refractivity contribution < 1.29 is 23.8 Å². The number of ether oxygens (including phenoxy) is 1. The predicted molar refractivity (Wildman–Crippen MR) is 87.8 cm³/mol. The summed E-state index contributed by atoms with van der Waals surface area (Å²) in [7, 11) is 0. The maximum Gasteiger partial charge on any atom is 0.410 e. The minimum atomic E-state index is -1.07. The van der Waals surface area contributed by atoms with Crippen LogP contribution >= 0.6 is 0 Å². The lowest BCUT2D eigenvalue weighted by molar-refractivity contribution is -0.136. The van der Waals surface area contributed by atoms with Gasteiger partial charge in [0, 0.05) is 37.4 Å². The second-order valence-electron chi connectivity index (χ2n) is 6.80. The highest BCUT2D eigenvalue weighted by atomic mass is 19.1. The summed E-state index contributed by atoms with van der Waals surface area (Å²) in [5.41, 5.74) is 0.391. The van der Waals surface area contributed by atoms with Crippen LogP contribution < -0.4 is 4.90 Å². The number of carbonyl (C=O) groups is 2. The van der Waals surface area contributed by atoms with E-state index in [9.17, 15) is 14.0 Å². The average Bonchev–Trinajstić information content (AvgIpc) is 2.47. The Kier molecular flexibility index (Phi) is 5.31. The molecule has 0 aromatic heterocycles. The minimum Gasteiger partial charge on any atom is -0.481 e. The van der Waals surface area contributed by atoms with Gasteiger partial charge in [-0.25, -0.2) is 9.18 Å². The van der Waals surface area contributed by atoms with E-state index in [-0.39, 0.29) is 18.1 Å². The maximum absolute atomic E-state index is 13.7. The highest BCUT2D eigenvalue weighted by molar-refractivity contribution is 5.71. The Morgan fingerprint density at radius 2 is 1.83 bits per heavy atom. The zero-order chi connectivity index (χ0) is 17.9. The number of piperazine rings is 1. The number of nitrogens with zero attached hydrogens (tertiary/aromatic N) is 2. The number of halogens is 1. The van der Waals surface area contributed by atoms with Crippen molar-refractivity contribution in [2.75, 3.05) is 31.1 Å². The van der Waals surface area contributed by atoms with Crippen molar-refractivity contribution in [3.05, 3.63) is 29.6 Å². The normalized spacial score (nSPS) is 15.3. The summed E-state index contributed by atoms with van der Waals surface area (Å²) < 4.78 is 19.0. The maximum atomic E-state index is 13.7. The van der Waals surface area contributed by atoms with Crippen LogP contribution in [-0.4, -0.2) is 53.8 Å². The second kappa shape index (κ2) is 7.07. The van der Waals surface area contributed by atoms with Gasteiger partial charge in [-0.15, -0.1) is 0 Å². The fourth-order valence-electron chi connectivity index (χ4n) is 2.53. The molecule has 0 radical (unpaired) electrons. The number of rotatable bonds is 3. The number of anilines is 1. The van der Waals surface area contributed by atoms with Crippen LogP contribution in [-0.2, 0) is 16.0 Å². The van der Waals surface area contributed by atoms with Crippen LogP contribution in [0, 0.1) is 5.82 Å². The van der Waals surface area contributed by atoms with Gasteiger partial charge in [-0.05, 0) is 39.0 Å². The van der Waals surface area contributed by atoms with Crippen LogP contribution in [0.25, 0.3) is 0 Å². The summed E-state index contributed by atoms with van der Waals surface area (Å²) in [6.07, 6.45) is -0.690. The van der Waals surface area contributed by atoms with Gasteiger partial charge in [0.25, 0.3) is 0 Å². The van der Waals surface area contributed by atoms with Gasteiger partial charge in [0.2, 0.25) is 0 Å². The molecule has 0 atom stereocenters. The summed E-state index contributed by atoms with van der Waals surface area (Å²) >= 11 is 0. The van der Waals surface area contributed by atoms with E-state index in [1.54, 1.807) is 17.0 Å². The van der Waals surface area contributed by atoms with Crippen molar-refractivity contribution in [3.8, 4) is 0 Å². The van der Waals surface area contributed by atoms with Crippen molar-refractivity contribution in [2.24, 2.45) is 0 Å².